The maximum absolute atomic E-state index is 5.59. The Hall–Kier alpha value is -0.900. The Morgan fingerprint density at radius 3 is 2.81 bits per heavy atom. The largest absolute Gasteiger partial charge is 0.384 e. The van der Waals surface area contributed by atoms with Crippen molar-refractivity contribution in [3.63, 3.8) is 0 Å². The van der Waals surface area contributed by atoms with Gasteiger partial charge in [0.15, 0.2) is 0 Å². The van der Waals surface area contributed by atoms with Crippen molar-refractivity contribution < 1.29 is 0 Å². The number of hydrogen-bond acceptors (Lipinski definition) is 4. The summed E-state index contributed by atoms with van der Waals surface area (Å²) in [5, 5.41) is 3.28. The number of nitrogens with one attached hydrogen (secondary N) is 1. The second-order valence-electron chi connectivity index (χ2n) is 3.78. The normalized spacial score (nSPS) is 10.3. The number of pyridine rings is 1. The summed E-state index contributed by atoms with van der Waals surface area (Å²) >= 11 is 1.92. The summed E-state index contributed by atoms with van der Waals surface area (Å²) < 4.78 is 0. The van der Waals surface area contributed by atoms with Gasteiger partial charge in [-0.25, -0.2) is 4.98 Å². The van der Waals surface area contributed by atoms with Crippen LogP contribution in [-0.2, 0) is 0 Å². The molecule has 90 valence electrons. The SMILES string of the molecule is CSCCCCCCNc1cccc(N)n1. The fourth-order valence-electron chi connectivity index (χ4n) is 1.49. The first-order valence-corrected chi connectivity index (χ1v) is 7.17. The molecule has 3 nitrogen and oxygen atoms in total. The molecule has 1 rings (SSSR count). The molecule has 0 unspecified atom stereocenters. The monoisotopic (exact) mass is 239 g/mol. The van der Waals surface area contributed by atoms with E-state index in [9.17, 15) is 0 Å². The second-order valence-corrected chi connectivity index (χ2v) is 4.77. The number of aromatic nitrogens is 1. The van der Waals surface area contributed by atoms with Crippen LogP contribution in [0.25, 0.3) is 0 Å². The van der Waals surface area contributed by atoms with Crippen molar-refractivity contribution in [2.24, 2.45) is 0 Å². The molecule has 0 saturated heterocycles. The van der Waals surface area contributed by atoms with E-state index in [0.29, 0.717) is 5.82 Å². The highest BCUT2D eigenvalue weighted by molar-refractivity contribution is 7.98. The molecule has 16 heavy (non-hydrogen) atoms. The molecule has 0 atom stereocenters. The van der Waals surface area contributed by atoms with Crippen LogP contribution in [0.4, 0.5) is 11.6 Å². The van der Waals surface area contributed by atoms with Crippen LogP contribution in [0.15, 0.2) is 18.2 Å². The third-order valence-corrected chi connectivity index (χ3v) is 3.05. The summed E-state index contributed by atoms with van der Waals surface area (Å²) in [5.74, 6) is 2.73. The van der Waals surface area contributed by atoms with E-state index in [0.717, 1.165) is 12.4 Å². The van der Waals surface area contributed by atoms with Crippen molar-refractivity contribution >= 4 is 23.4 Å². The van der Waals surface area contributed by atoms with Gasteiger partial charge >= 0.3 is 0 Å². The van der Waals surface area contributed by atoms with Crippen LogP contribution in [0.3, 0.4) is 0 Å². The summed E-state index contributed by atoms with van der Waals surface area (Å²) in [6.07, 6.45) is 7.30. The molecule has 0 amide bonds. The first-order valence-electron chi connectivity index (χ1n) is 5.78. The molecule has 0 radical (unpaired) electrons. The van der Waals surface area contributed by atoms with Crippen molar-refractivity contribution in [1.29, 1.82) is 0 Å². The Kier molecular flexibility index (Phi) is 6.81. The summed E-state index contributed by atoms with van der Waals surface area (Å²) in [5.41, 5.74) is 5.59. The highest BCUT2D eigenvalue weighted by Gasteiger charge is 1.94. The predicted molar refractivity (Wildman–Crippen MR) is 74.0 cm³/mol. The standard InChI is InChI=1S/C12H21N3S/c1-16-10-5-3-2-4-9-14-12-8-6-7-11(13)15-12/h6-8H,2-5,9-10H2,1H3,(H3,13,14,15). The molecule has 0 fully saturated rings. The topological polar surface area (TPSA) is 50.9 Å². The van der Waals surface area contributed by atoms with Crippen LogP contribution in [0.1, 0.15) is 25.7 Å². The summed E-state index contributed by atoms with van der Waals surface area (Å²) in [4.78, 5) is 4.18. The maximum Gasteiger partial charge on any atom is 0.128 e. The van der Waals surface area contributed by atoms with Gasteiger partial charge in [0.05, 0.1) is 0 Å². The number of thioether (sulfide) groups is 1. The highest BCUT2D eigenvalue weighted by atomic mass is 32.2. The zero-order chi connectivity index (χ0) is 11.6. The van der Waals surface area contributed by atoms with Crippen LogP contribution >= 0.6 is 11.8 Å². The third-order valence-electron chi connectivity index (χ3n) is 2.35. The van der Waals surface area contributed by atoms with E-state index in [1.807, 2.05) is 23.9 Å². The second kappa shape index (κ2) is 8.28. The lowest BCUT2D eigenvalue weighted by Gasteiger charge is -2.05. The molecule has 0 saturated carbocycles. The van der Waals surface area contributed by atoms with Gasteiger partial charge in [0, 0.05) is 6.54 Å². The number of anilines is 2. The Morgan fingerprint density at radius 1 is 1.25 bits per heavy atom. The lowest BCUT2D eigenvalue weighted by molar-refractivity contribution is 0.688. The number of hydrogen-bond donors (Lipinski definition) is 2. The summed E-state index contributed by atoms with van der Waals surface area (Å²) in [6, 6.07) is 5.67. The van der Waals surface area contributed by atoms with Crippen LogP contribution < -0.4 is 11.1 Å². The molecule has 1 aromatic heterocycles. The van der Waals surface area contributed by atoms with Crippen LogP contribution in [0.5, 0.6) is 0 Å². The molecule has 0 aliphatic rings. The number of nitrogens with two attached hydrogens (primary N) is 1. The van der Waals surface area contributed by atoms with E-state index >= 15 is 0 Å². The molecule has 0 aliphatic carbocycles. The van der Waals surface area contributed by atoms with Gasteiger partial charge in [0.25, 0.3) is 0 Å². The minimum absolute atomic E-state index is 0.574. The fraction of sp³-hybridized carbons (Fsp3) is 0.583. The third kappa shape index (κ3) is 5.85. The van der Waals surface area contributed by atoms with Crippen molar-refractivity contribution in [1.82, 2.24) is 4.98 Å². The van der Waals surface area contributed by atoms with Gasteiger partial charge in [-0.15, -0.1) is 0 Å². The van der Waals surface area contributed by atoms with Gasteiger partial charge in [-0.05, 0) is 37.0 Å². The van der Waals surface area contributed by atoms with Gasteiger partial charge < -0.3 is 11.1 Å². The summed E-state index contributed by atoms with van der Waals surface area (Å²) in [7, 11) is 0. The van der Waals surface area contributed by atoms with E-state index in [2.05, 4.69) is 16.6 Å². The lowest BCUT2D eigenvalue weighted by atomic mass is 10.2. The van der Waals surface area contributed by atoms with Crippen LogP contribution in [0.2, 0.25) is 0 Å². The van der Waals surface area contributed by atoms with Gasteiger partial charge in [-0.2, -0.15) is 11.8 Å². The summed E-state index contributed by atoms with van der Waals surface area (Å²) in [6.45, 7) is 0.982. The van der Waals surface area contributed by atoms with Gasteiger partial charge in [0.1, 0.15) is 11.6 Å². The zero-order valence-electron chi connectivity index (χ0n) is 9.91. The van der Waals surface area contributed by atoms with Gasteiger partial charge in [-0.1, -0.05) is 18.9 Å². The number of nitrogens with zero attached hydrogens (tertiary/aromatic N) is 1. The smallest absolute Gasteiger partial charge is 0.128 e. The molecule has 3 N–H and O–H groups in total. The van der Waals surface area contributed by atoms with Crippen molar-refractivity contribution in [2.75, 3.05) is 29.6 Å². The Morgan fingerprint density at radius 2 is 2.06 bits per heavy atom. The van der Waals surface area contributed by atoms with E-state index in [1.54, 1.807) is 6.07 Å². The van der Waals surface area contributed by atoms with E-state index in [1.165, 1.54) is 31.4 Å². The molecular formula is C12H21N3S. The molecule has 4 heteroatoms. The molecule has 1 aromatic rings. The first kappa shape index (κ1) is 13.2. The number of nitrogen functional groups attached to an aromatic ring is 1. The fourth-order valence-corrected chi connectivity index (χ4v) is 1.98. The quantitative estimate of drug-likeness (QED) is 0.685. The van der Waals surface area contributed by atoms with E-state index < -0.39 is 0 Å². The van der Waals surface area contributed by atoms with Crippen molar-refractivity contribution in [3.05, 3.63) is 18.2 Å². The lowest BCUT2D eigenvalue weighted by Crippen LogP contribution is -2.04. The van der Waals surface area contributed by atoms with Crippen molar-refractivity contribution in [2.45, 2.75) is 25.7 Å². The van der Waals surface area contributed by atoms with Crippen molar-refractivity contribution in [3.8, 4) is 0 Å². The van der Waals surface area contributed by atoms with Crippen LogP contribution in [-0.4, -0.2) is 23.5 Å². The molecule has 0 bridgehead atoms. The Labute approximate surface area is 102 Å². The highest BCUT2D eigenvalue weighted by Crippen LogP contribution is 2.07. The number of unbranched alkanes of at least 4 members (excludes halogenated alkanes) is 3. The Balaban J connectivity index is 2.03. The average Bonchev–Trinajstić information content (AvgIpc) is 2.28. The Bertz CT molecular complexity index is 291. The molecular weight excluding hydrogens is 218 g/mol. The maximum atomic E-state index is 5.59. The first-order chi connectivity index (χ1) is 7.83. The minimum atomic E-state index is 0.574. The molecule has 0 aromatic carbocycles. The van der Waals surface area contributed by atoms with Gasteiger partial charge in [-0.3, -0.25) is 0 Å². The average molecular weight is 239 g/mol. The molecule has 0 aliphatic heterocycles. The van der Waals surface area contributed by atoms with Crippen LogP contribution in [0, 0.1) is 0 Å². The number of rotatable bonds is 8. The predicted octanol–water partition coefficient (Wildman–Crippen LogP) is 3.00. The van der Waals surface area contributed by atoms with E-state index in [4.69, 9.17) is 5.73 Å². The van der Waals surface area contributed by atoms with E-state index in [-0.39, 0.29) is 0 Å². The molecule has 0 spiro atoms. The minimum Gasteiger partial charge on any atom is -0.384 e. The molecule has 1 heterocycles. The zero-order valence-corrected chi connectivity index (χ0v) is 10.7. The van der Waals surface area contributed by atoms with Gasteiger partial charge in [0.2, 0.25) is 0 Å².